The topological polar surface area (TPSA) is 3.24 Å². The second kappa shape index (κ2) is 5.90. The van der Waals surface area contributed by atoms with Crippen molar-refractivity contribution >= 4 is 5.69 Å². The molecule has 19 heavy (non-hydrogen) atoms. The maximum Gasteiger partial charge on any atom is 0.113 e. The van der Waals surface area contributed by atoms with Gasteiger partial charge in [0, 0.05) is 12.2 Å². The molecule has 1 aromatic rings. The van der Waals surface area contributed by atoms with Crippen LogP contribution in [0.25, 0.3) is 0 Å². The third-order valence-corrected chi connectivity index (χ3v) is 4.52. The molecule has 0 unspecified atom stereocenters. The van der Waals surface area contributed by atoms with Crippen LogP contribution in [0.5, 0.6) is 0 Å². The number of para-hydroxylation sites is 1. The summed E-state index contributed by atoms with van der Waals surface area (Å²) in [5.74, 6) is 1.69. The lowest BCUT2D eigenvalue weighted by molar-refractivity contribution is 0.409. The molecule has 0 fully saturated rings. The van der Waals surface area contributed by atoms with E-state index in [1.165, 1.54) is 49.9 Å². The number of aryl methyl sites for hydroxylation is 1. The highest BCUT2D eigenvalue weighted by molar-refractivity contribution is 5.57. The molecule has 0 bridgehead atoms. The van der Waals surface area contributed by atoms with Crippen molar-refractivity contribution in [3.8, 4) is 0 Å². The zero-order valence-electron chi connectivity index (χ0n) is 13.0. The van der Waals surface area contributed by atoms with Crippen molar-refractivity contribution in [2.24, 2.45) is 0 Å². The van der Waals surface area contributed by atoms with E-state index in [0.717, 1.165) is 0 Å². The second-order valence-electron chi connectivity index (χ2n) is 6.33. The Morgan fingerprint density at radius 1 is 1.16 bits per heavy atom. The molecule has 1 heteroatoms. The Labute approximate surface area is 119 Å². The summed E-state index contributed by atoms with van der Waals surface area (Å²) in [4.78, 5) is 2.64. The molecule has 1 heterocycles. The van der Waals surface area contributed by atoms with Crippen LogP contribution in [0.1, 0.15) is 58.9 Å². The van der Waals surface area contributed by atoms with Gasteiger partial charge in [-0.25, -0.2) is 0 Å². The first-order chi connectivity index (χ1) is 9.08. The van der Waals surface area contributed by atoms with Gasteiger partial charge in [0.25, 0.3) is 0 Å². The number of benzene rings is 1. The highest BCUT2D eigenvalue weighted by Crippen LogP contribution is 2.36. The molecule has 2 rings (SSSR count). The number of fused-ring (bicyclic) bond motifs is 1. The van der Waals surface area contributed by atoms with Crippen LogP contribution in [0.2, 0.25) is 0 Å². The molecule has 0 spiro atoms. The van der Waals surface area contributed by atoms with E-state index >= 15 is 0 Å². The largest absolute Gasteiger partial charge is 0.362 e. The van der Waals surface area contributed by atoms with Crippen molar-refractivity contribution in [3.63, 3.8) is 0 Å². The van der Waals surface area contributed by atoms with Crippen LogP contribution in [-0.4, -0.2) is 12.1 Å². The van der Waals surface area contributed by atoms with Gasteiger partial charge < -0.3 is 4.90 Å². The van der Waals surface area contributed by atoms with Crippen LogP contribution in [-0.2, 0) is 6.42 Å². The standard InChI is InChI=1S/C18H28N/c1-5-15(6-2)14-18(3,4)19-13-9-11-16-10-7-8-12-17(16)19/h7-8,10,12H,5-6,9,11,13-14H2,1-4H3/q+1. The quantitative estimate of drug-likeness (QED) is 0.672. The molecule has 0 aromatic heterocycles. The predicted molar refractivity (Wildman–Crippen MR) is 84.6 cm³/mol. The number of rotatable bonds is 5. The van der Waals surface area contributed by atoms with Crippen molar-refractivity contribution in [2.45, 2.75) is 65.3 Å². The lowest BCUT2D eigenvalue weighted by Gasteiger charge is -2.42. The number of hydrogen-bond acceptors (Lipinski definition) is 1. The van der Waals surface area contributed by atoms with Crippen molar-refractivity contribution in [3.05, 3.63) is 35.7 Å². The number of nitrogens with zero attached hydrogens (tertiary/aromatic N) is 1. The van der Waals surface area contributed by atoms with Gasteiger partial charge in [-0.2, -0.15) is 0 Å². The SMILES string of the molecule is CC[C+](CC)CC(C)(C)N1CCCc2ccccc21. The van der Waals surface area contributed by atoms with E-state index in [-0.39, 0.29) is 5.54 Å². The molecule has 104 valence electrons. The van der Waals surface area contributed by atoms with Crippen LogP contribution in [0.15, 0.2) is 24.3 Å². The van der Waals surface area contributed by atoms with Gasteiger partial charge >= 0.3 is 0 Å². The molecule has 1 aliphatic heterocycles. The van der Waals surface area contributed by atoms with Gasteiger partial charge in [-0.3, -0.25) is 0 Å². The van der Waals surface area contributed by atoms with Crippen molar-refractivity contribution in [2.75, 3.05) is 11.4 Å². The Balaban J connectivity index is 2.21. The Morgan fingerprint density at radius 3 is 2.53 bits per heavy atom. The van der Waals surface area contributed by atoms with Gasteiger partial charge in [-0.05, 0) is 52.2 Å². The Kier molecular flexibility index (Phi) is 4.44. The van der Waals surface area contributed by atoms with E-state index in [0.29, 0.717) is 0 Å². The van der Waals surface area contributed by atoms with Crippen LogP contribution in [0.4, 0.5) is 5.69 Å². The van der Waals surface area contributed by atoms with Gasteiger partial charge in [0.15, 0.2) is 0 Å². The number of hydrogen-bond donors (Lipinski definition) is 0. The fourth-order valence-corrected chi connectivity index (χ4v) is 3.37. The van der Waals surface area contributed by atoms with E-state index in [1.54, 1.807) is 5.92 Å². The molecule has 0 saturated carbocycles. The van der Waals surface area contributed by atoms with Gasteiger partial charge in [-0.15, -0.1) is 0 Å². The molecule has 0 amide bonds. The maximum atomic E-state index is 2.64. The molecular weight excluding hydrogens is 230 g/mol. The average Bonchev–Trinajstić information content (AvgIpc) is 2.44. The molecule has 0 N–H and O–H groups in total. The van der Waals surface area contributed by atoms with Gasteiger partial charge in [0.05, 0.1) is 24.3 Å². The van der Waals surface area contributed by atoms with Gasteiger partial charge in [-0.1, -0.05) is 18.2 Å². The van der Waals surface area contributed by atoms with E-state index in [4.69, 9.17) is 0 Å². The summed E-state index contributed by atoms with van der Waals surface area (Å²) in [6.45, 7) is 10.6. The summed E-state index contributed by atoms with van der Waals surface area (Å²) < 4.78 is 0. The van der Waals surface area contributed by atoms with Gasteiger partial charge in [0.1, 0.15) is 6.42 Å². The fraction of sp³-hybridized carbons (Fsp3) is 0.611. The monoisotopic (exact) mass is 258 g/mol. The Hall–Kier alpha value is -1.11. The predicted octanol–water partition coefficient (Wildman–Crippen LogP) is 5.00. The lowest BCUT2D eigenvalue weighted by atomic mass is 9.84. The third-order valence-electron chi connectivity index (χ3n) is 4.52. The van der Waals surface area contributed by atoms with Crippen molar-refractivity contribution in [1.29, 1.82) is 0 Å². The molecule has 0 atom stereocenters. The molecular formula is C18H28N+. The van der Waals surface area contributed by atoms with Gasteiger partial charge in [0.2, 0.25) is 0 Å². The first-order valence-electron chi connectivity index (χ1n) is 7.77. The Bertz CT molecular complexity index is 404. The average molecular weight is 258 g/mol. The highest BCUT2D eigenvalue weighted by Gasteiger charge is 2.36. The van der Waals surface area contributed by atoms with Crippen LogP contribution in [0, 0.1) is 5.92 Å². The molecule has 1 aliphatic rings. The minimum atomic E-state index is 0.234. The summed E-state index contributed by atoms with van der Waals surface area (Å²) in [5, 5.41) is 0. The Morgan fingerprint density at radius 2 is 1.84 bits per heavy atom. The maximum absolute atomic E-state index is 2.64. The zero-order chi connectivity index (χ0) is 13.9. The van der Waals surface area contributed by atoms with E-state index in [2.05, 4.69) is 56.9 Å². The van der Waals surface area contributed by atoms with Crippen LogP contribution < -0.4 is 4.90 Å². The molecule has 1 aromatic carbocycles. The van der Waals surface area contributed by atoms with Crippen molar-refractivity contribution < 1.29 is 0 Å². The first kappa shape index (κ1) is 14.3. The first-order valence-corrected chi connectivity index (χ1v) is 7.77. The molecule has 0 saturated heterocycles. The van der Waals surface area contributed by atoms with E-state index < -0.39 is 0 Å². The van der Waals surface area contributed by atoms with Crippen molar-refractivity contribution in [1.82, 2.24) is 0 Å². The van der Waals surface area contributed by atoms with E-state index in [1.807, 2.05) is 0 Å². The molecule has 0 radical (unpaired) electrons. The summed E-state index contributed by atoms with van der Waals surface area (Å²) >= 11 is 0. The molecule has 1 nitrogen and oxygen atoms in total. The summed E-state index contributed by atoms with van der Waals surface area (Å²) in [7, 11) is 0. The summed E-state index contributed by atoms with van der Waals surface area (Å²) in [6, 6.07) is 8.94. The van der Waals surface area contributed by atoms with Crippen LogP contribution in [0.3, 0.4) is 0 Å². The lowest BCUT2D eigenvalue weighted by Crippen LogP contribution is -2.47. The summed E-state index contributed by atoms with van der Waals surface area (Å²) in [6.07, 6.45) is 6.17. The number of anilines is 1. The minimum absolute atomic E-state index is 0.234. The van der Waals surface area contributed by atoms with E-state index in [9.17, 15) is 0 Å². The fourth-order valence-electron chi connectivity index (χ4n) is 3.37. The van der Waals surface area contributed by atoms with Crippen LogP contribution >= 0.6 is 0 Å². The smallest absolute Gasteiger partial charge is 0.113 e. The zero-order valence-corrected chi connectivity index (χ0v) is 13.0. The highest BCUT2D eigenvalue weighted by atomic mass is 15.2. The second-order valence-corrected chi connectivity index (χ2v) is 6.33. The molecule has 0 aliphatic carbocycles. The third kappa shape index (κ3) is 3.08. The normalized spacial score (nSPS) is 15.3. The minimum Gasteiger partial charge on any atom is -0.362 e. The summed E-state index contributed by atoms with van der Waals surface area (Å²) in [5.41, 5.74) is 3.22.